The van der Waals surface area contributed by atoms with Crippen LogP contribution in [0.2, 0.25) is 0 Å². The molecule has 9 nitrogen and oxygen atoms in total. The number of benzene rings is 1. The Morgan fingerprint density at radius 1 is 1.17 bits per heavy atom. The Morgan fingerprint density at radius 3 is 2.60 bits per heavy atom. The first-order valence-corrected chi connectivity index (χ1v) is 10.9. The average molecular weight is 432 g/mol. The van der Waals surface area contributed by atoms with Crippen molar-refractivity contribution in [3.05, 3.63) is 18.2 Å². The van der Waals surface area contributed by atoms with Gasteiger partial charge in [0.1, 0.15) is 12.3 Å². The summed E-state index contributed by atoms with van der Waals surface area (Å²) in [5, 5.41) is 3.83. The topological polar surface area (TPSA) is 95.1 Å². The number of nitrogens with zero attached hydrogens (tertiary/aromatic N) is 4. The Morgan fingerprint density at radius 2 is 1.90 bits per heavy atom. The Labute approximate surface area is 178 Å². The van der Waals surface area contributed by atoms with Crippen LogP contribution in [0.4, 0.5) is 5.13 Å². The molecule has 30 heavy (non-hydrogen) atoms. The molecule has 0 saturated carbocycles. The first-order valence-electron chi connectivity index (χ1n) is 10.1. The molecule has 0 bridgehead atoms. The number of methoxy groups -OCH3 is 1. The second-order valence-corrected chi connectivity index (χ2v) is 8.39. The number of amides is 3. The number of fused-ring (bicyclic) bond motifs is 1. The van der Waals surface area contributed by atoms with E-state index in [0.717, 1.165) is 58.7 Å². The van der Waals surface area contributed by atoms with Crippen molar-refractivity contribution in [3.8, 4) is 5.75 Å². The Kier molecular flexibility index (Phi) is 6.14. The zero-order valence-corrected chi connectivity index (χ0v) is 17.7. The molecule has 1 aromatic heterocycles. The number of carbonyl (C=O) groups excluding carboxylic acids is 3. The van der Waals surface area contributed by atoms with Crippen LogP contribution in [0, 0.1) is 0 Å². The molecule has 0 unspecified atom stereocenters. The second-order valence-electron chi connectivity index (χ2n) is 7.38. The average Bonchev–Trinajstić information content (AvgIpc) is 3.32. The number of nitrogens with one attached hydrogen (secondary N) is 1. The van der Waals surface area contributed by atoms with Crippen LogP contribution >= 0.6 is 11.3 Å². The van der Waals surface area contributed by atoms with E-state index in [1.807, 2.05) is 18.2 Å². The molecule has 3 amide bonds. The largest absolute Gasteiger partial charge is 0.497 e. The van der Waals surface area contributed by atoms with Crippen LogP contribution in [0.15, 0.2) is 18.2 Å². The third kappa shape index (κ3) is 4.54. The Balaban J connectivity index is 1.21. The third-order valence-electron chi connectivity index (χ3n) is 5.43. The minimum absolute atomic E-state index is 0.173. The van der Waals surface area contributed by atoms with E-state index in [0.29, 0.717) is 6.54 Å². The summed E-state index contributed by atoms with van der Waals surface area (Å²) >= 11 is 1.67. The third-order valence-corrected chi connectivity index (χ3v) is 6.51. The van der Waals surface area contributed by atoms with E-state index >= 15 is 0 Å². The minimum Gasteiger partial charge on any atom is -0.497 e. The van der Waals surface area contributed by atoms with Crippen LogP contribution in [0.5, 0.6) is 5.75 Å². The summed E-state index contributed by atoms with van der Waals surface area (Å²) in [6.07, 6.45) is 0.414. The SMILES string of the molecule is COc1ccc2nc(N3CCN(CCNC(=O)CN4C(=O)CCC4=O)CC3)sc2c1. The second kappa shape index (κ2) is 8.97. The summed E-state index contributed by atoms with van der Waals surface area (Å²) in [5.74, 6) is 0.0179. The number of ether oxygens (including phenoxy) is 1. The number of aromatic nitrogens is 1. The van der Waals surface area contributed by atoms with E-state index < -0.39 is 0 Å². The van der Waals surface area contributed by atoms with E-state index in [1.165, 1.54) is 0 Å². The number of hydrogen-bond acceptors (Lipinski definition) is 8. The van der Waals surface area contributed by atoms with Crippen LogP contribution in [-0.2, 0) is 14.4 Å². The lowest BCUT2D eigenvalue weighted by Crippen LogP contribution is -2.49. The molecule has 2 aromatic rings. The number of likely N-dealkylation sites (tertiary alicyclic amines) is 1. The maximum Gasteiger partial charge on any atom is 0.240 e. The molecule has 0 spiro atoms. The number of carbonyl (C=O) groups is 3. The number of anilines is 1. The van der Waals surface area contributed by atoms with Crippen LogP contribution in [0.25, 0.3) is 10.2 Å². The molecule has 160 valence electrons. The van der Waals surface area contributed by atoms with Gasteiger partial charge < -0.3 is 15.0 Å². The normalized spacial score (nSPS) is 17.8. The summed E-state index contributed by atoms with van der Waals surface area (Å²) in [5.41, 5.74) is 0.982. The van der Waals surface area contributed by atoms with Crippen molar-refractivity contribution in [3.63, 3.8) is 0 Å². The molecule has 0 aliphatic carbocycles. The van der Waals surface area contributed by atoms with E-state index in [-0.39, 0.29) is 37.1 Å². The lowest BCUT2D eigenvalue weighted by molar-refractivity contribution is -0.142. The Bertz CT molecular complexity index is 938. The van der Waals surface area contributed by atoms with Gasteiger partial charge >= 0.3 is 0 Å². The maximum atomic E-state index is 12.0. The maximum absolute atomic E-state index is 12.0. The van der Waals surface area contributed by atoms with Crippen molar-refractivity contribution in [1.82, 2.24) is 20.1 Å². The quantitative estimate of drug-likeness (QED) is 0.645. The fourth-order valence-corrected chi connectivity index (χ4v) is 4.72. The fraction of sp³-hybridized carbons (Fsp3) is 0.500. The highest BCUT2D eigenvalue weighted by atomic mass is 32.1. The number of rotatable bonds is 7. The van der Waals surface area contributed by atoms with Gasteiger partial charge in [0, 0.05) is 52.1 Å². The van der Waals surface area contributed by atoms with Gasteiger partial charge in [-0.1, -0.05) is 11.3 Å². The molecule has 2 saturated heterocycles. The molecule has 2 fully saturated rings. The molecule has 1 aromatic carbocycles. The van der Waals surface area contributed by atoms with Crippen molar-refractivity contribution in [2.24, 2.45) is 0 Å². The number of thiazole rings is 1. The molecule has 3 heterocycles. The van der Waals surface area contributed by atoms with E-state index in [4.69, 9.17) is 9.72 Å². The van der Waals surface area contributed by atoms with Gasteiger partial charge in [0.05, 0.1) is 17.3 Å². The van der Waals surface area contributed by atoms with Gasteiger partial charge in [0.15, 0.2) is 5.13 Å². The first-order chi connectivity index (χ1) is 14.5. The van der Waals surface area contributed by atoms with E-state index in [1.54, 1.807) is 18.4 Å². The smallest absolute Gasteiger partial charge is 0.240 e. The molecule has 2 aliphatic rings. The van der Waals surface area contributed by atoms with Gasteiger partial charge in [-0.2, -0.15) is 0 Å². The van der Waals surface area contributed by atoms with Crippen LogP contribution < -0.4 is 15.0 Å². The highest BCUT2D eigenvalue weighted by molar-refractivity contribution is 7.22. The van der Waals surface area contributed by atoms with Crippen molar-refractivity contribution >= 4 is 44.4 Å². The predicted molar refractivity (Wildman–Crippen MR) is 114 cm³/mol. The van der Waals surface area contributed by atoms with E-state index in [9.17, 15) is 14.4 Å². The lowest BCUT2D eigenvalue weighted by Gasteiger charge is -2.34. The summed E-state index contributed by atoms with van der Waals surface area (Å²) in [6.45, 7) is 4.59. The molecule has 1 N–H and O–H groups in total. The van der Waals surface area contributed by atoms with Crippen LogP contribution in [0.3, 0.4) is 0 Å². The zero-order valence-electron chi connectivity index (χ0n) is 16.9. The first kappa shape index (κ1) is 20.5. The number of hydrogen-bond donors (Lipinski definition) is 1. The summed E-state index contributed by atoms with van der Waals surface area (Å²) < 4.78 is 6.40. The molecule has 0 radical (unpaired) electrons. The van der Waals surface area contributed by atoms with Crippen molar-refractivity contribution < 1.29 is 19.1 Å². The summed E-state index contributed by atoms with van der Waals surface area (Å²) in [6, 6.07) is 5.92. The van der Waals surface area contributed by atoms with Gasteiger partial charge in [-0.3, -0.25) is 24.2 Å². The number of piperazine rings is 1. The van der Waals surface area contributed by atoms with Gasteiger partial charge in [0.25, 0.3) is 0 Å². The lowest BCUT2D eigenvalue weighted by atomic mass is 10.3. The van der Waals surface area contributed by atoms with Crippen molar-refractivity contribution in [2.75, 3.05) is 57.8 Å². The summed E-state index contributed by atoms with van der Waals surface area (Å²) in [7, 11) is 1.66. The van der Waals surface area contributed by atoms with Gasteiger partial charge in [-0.25, -0.2) is 4.98 Å². The van der Waals surface area contributed by atoms with Crippen molar-refractivity contribution in [2.45, 2.75) is 12.8 Å². The van der Waals surface area contributed by atoms with E-state index in [2.05, 4.69) is 15.1 Å². The van der Waals surface area contributed by atoms with Gasteiger partial charge in [-0.05, 0) is 18.2 Å². The van der Waals surface area contributed by atoms with Crippen molar-refractivity contribution in [1.29, 1.82) is 0 Å². The van der Waals surface area contributed by atoms with Gasteiger partial charge in [-0.15, -0.1) is 0 Å². The molecular formula is C20H25N5O4S. The highest BCUT2D eigenvalue weighted by Crippen LogP contribution is 2.31. The monoisotopic (exact) mass is 431 g/mol. The molecule has 4 rings (SSSR count). The molecule has 2 aliphatic heterocycles. The number of imide groups is 1. The van der Waals surface area contributed by atoms with Crippen LogP contribution in [-0.4, -0.2) is 85.4 Å². The molecule has 10 heteroatoms. The molecule has 0 atom stereocenters. The summed E-state index contributed by atoms with van der Waals surface area (Å²) in [4.78, 5) is 45.5. The highest BCUT2D eigenvalue weighted by Gasteiger charge is 2.30. The standard InChI is InChI=1S/C20H25N5O4S/c1-29-14-2-3-15-16(12-14)30-20(22-15)24-10-8-23(9-11-24)7-6-21-17(26)13-25-18(27)4-5-19(25)28/h2-3,12H,4-11,13H2,1H3,(H,21,26). The van der Waals surface area contributed by atoms with Gasteiger partial charge in [0.2, 0.25) is 17.7 Å². The van der Waals surface area contributed by atoms with Crippen LogP contribution in [0.1, 0.15) is 12.8 Å². The predicted octanol–water partition coefficient (Wildman–Crippen LogP) is 0.692. The fourth-order valence-electron chi connectivity index (χ4n) is 3.67. The minimum atomic E-state index is -0.290. The zero-order chi connectivity index (χ0) is 21.1. The Hall–Kier alpha value is -2.72. The molecular weight excluding hydrogens is 406 g/mol.